The zero-order chi connectivity index (χ0) is 13.0. The molecule has 0 aromatic carbocycles. The Kier molecular flexibility index (Phi) is 5.74. The molecule has 104 valence electrons. The minimum atomic E-state index is 0.119. The van der Waals surface area contributed by atoms with Crippen LogP contribution in [0.4, 0.5) is 0 Å². The van der Waals surface area contributed by atoms with E-state index in [0.717, 1.165) is 17.8 Å². The summed E-state index contributed by atoms with van der Waals surface area (Å²) in [6.07, 6.45) is 9.78. The van der Waals surface area contributed by atoms with Gasteiger partial charge in [-0.1, -0.05) is 43.9 Å². The number of aliphatic imine (C=N–C) groups is 1. The Morgan fingerprint density at radius 3 is 2.61 bits per heavy atom. The Morgan fingerprint density at radius 2 is 1.94 bits per heavy atom. The van der Waals surface area contributed by atoms with Crippen LogP contribution in [-0.4, -0.2) is 33.3 Å². The van der Waals surface area contributed by atoms with Crippen molar-refractivity contribution in [3.63, 3.8) is 0 Å². The van der Waals surface area contributed by atoms with Gasteiger partial charge < -0.3 is 4.90 Å². The zero-order valence-electron chi connectivity index (χ0n) is 11.6. The molecule has 0 aromatic heterocycles. The molecule has 1 heterocycles. The monoisotopic (exact) mass is 286 g/mol. The summed E-state index contributed by atoms with van der Waals surface area (Å²) in [6.45, 7) is 5.40. The molecule has 0 N–H and O–H groups in total. The zero-order valence-corrected chi connectivity index (χ0v) is 13.3. The highest BCUT2D eigenvalue weighted by molar-refractivity contribution is 8.14. The van der Waals surface area contributed by atoms with Crippen molar-refractivity contribution in [3.8, 4) is 0 Å². The third-order valence-corrected chi connectivity index (χ3v) is 5.48. The fraction of sp³-hybridized carbons (Fsp3) is 0.929. The number of fused-ring (bicyclic) bond motifs is 1. The standard InChI is InChI=1S/C14H26N2S2/c1-3-16-12-9-7-5-4-6-8-10-13(12)18-14(16)15-11(2)17/h11-13,17H,3-10H2,1-2H3. The number of thioether (sulfide) groups is 1. The summed E-state index contributed by atoms with van der Waals surface area (Å²) in [5.41, 5.74) is 0. The second kappa shape index (κ2) is 7.09. The van der Waals surface area contributed by atoms with Crippen LogP contribution >= 0.6 is 24.4 Å². The first kappa shape index (κ1) is 14.6. The number of amidine groups is 1. The third-order valence-electron chi connectivity index (χ3n) is 3.96. The Balaban J connectivity index is 2.11. The molecule has 1 aliphatic heterocycles. The summed E-state index contributed by atoms with van der Waals surface area (Å²) in [7, 11) is 0. The van der Waals surface area contributed by atoms with Gasteiger partial charge in [-0.3, -0.25) is 0 Å². The van der Waals surface area contributed by atoms with Crippen LogP contribution in [0, 0.1) is 0 Å². The second-order valence-corrected chi connectivity index (χ2v) is 7.35. The maximum Gasteiger partial charge on any atom is 0.160 e. The van der Waals surface area contributed by atoms with E-state index in [1.165, 1.54) is 50.1 Å². The fourth-order valence-corrected chi connectivity index (χ4v) is 4.88. The lowest BCUT2D eigenvalue weighted by molar-refractivity contribution is 0.306. The molecule has 4 heteroatoms. The highest BCUT2D eigenvalue weighted by Crippen LogP contribution is 2.38. The molecule has 0 aromatic rings. The largest absolute Gasteiger partial charge is 0.348 e. The molecule has 2 aliphatic rings. The van der Waals surface area contributed by atoms with E-state index >= 15 is 0 Å². The summed E-state index contributed by atoms with van der Waals surface area (Å²) in [5.74, 6) is 0. The van der Waals surface area contributed by atoms with E-state index in [1.54, 1.807) is 0 Å². The number of nitrogens with zero attached hydrogens (tertiary/aromatic N) is 2. The van der Waals surface area contributed by atoms with Crippen LogP contribution in [0.3, 0.4) is 0 Å². The van der Waals surface area contributed by atoms with Crippen molar-refractivity contribution in [3.05, 3.63) is 0 Å². The predicted octanol–water partition coefficient (Wildman–Crippen LogP) is 4.17. The van der Waals surface area contributed by atoms with Crippen LogP contribution in [0.1, 0.15) is 58.8 Å². The maximum atomic E-state index is 4.71. The number of thiol groups is 1. The molecule has 1 saturated carbocycles. The van der Waals surface area contributed by atoms with E-state index in [9.17, 15) is 0 Å². The summed E-state index contributed by atoms with van der Waals surface area (Å²) in [4.78, 5) is 7.24. The first-order valence-corrected chi connectivity index (χ1v) is 8.81. The average molecular weight is 287 g/mol. The van der Waals surface area contributed by atoms with E-state index < -0.39 is 0 Å². The quantitative estimate of drug-likeness (QED) is 0.767. The van der Waals surface area contributed by atoms with Crippen molar-refractivity contribution in [1.29, 1.82) is 0 Å². The lowest BCUT2D eigenvalue weighted by Gasteiger charge is -2.27. The highest BCUT2D eigenvalue weighted by Gasteiger charge is 2.37. The van der Waals surface area contributed by atoms with Crippen LogP contribution in [0.5, 0.6) is 0 Å². The minimum absolute atomic E-state index is 0.119. The molecule has 18 heavy (non-hydrogen) atoms. The summed E-state index contributed by atoms with van der Waals surface area (Å²) in [6, 6.07) is 0.726. The first-order valence-electron chi connectivity index (χ1n) is 7.41. The lowest BCUT2D eigenvalue weighted by Crippen LogP contribution is -2.37. The van der Waals surface area contributed by atoms with Crippen LogP contribution in [0.25, 0.3) is 0 Å². The van der Waals surface area contributed by atoms with Crippen LogP contribution in [0.2, 0.25) is 0 Å². The second-order valence-electron chi connectivity index (χ2n) is 5.40. The van der Waals surface area contributed by atoms with Gasteiger partial charge in [0, 0.05) is 17.8 Å². The molecule has 3 unspecified atom stereocenters. The Hall–Kier alpha value is 0.170. The van der Waals surface area contributed by atoms with Crippen LogP contribution in [-0.2, 0) is 0 Å². The van der Waals surface area contributed by atoms with Gasteiger partial charge in [-0.25, -0.2) is 4.99 Å². The van der Waals surface area contributed by atoms with Crippen molar-refractivity contribution < 1.29 is 0 Å². The van der Waals surface area contributed by atoms with Crippen LogP contribution < -0.4 is 0 Å². The molecule has 3 atom stereocenters. The summed E-state index contributed by atoms with van der Waals surface area (Å²) >= 11 is 6.43. The van der Waals surface area contributed by atoms with Gasteiger partial charge in [0.25, 0.3) is 0 Å². The van der Waals surface area contributed by atoms with Crippen molar-refractivity contribution in [2.45, 2.75) is 75.5 Å². The van der Waals surface area contributed by atoms with Gasteiger partial charge in [0.15, 0.2) is 5.17 Å². The Bertz CT molecular complexity index is 292. The van der Waals surface area contributed by atoms with Gasteiger partial charge >= 0.3 is 0 Å². The highest BCUT2D eigenvalue weighted by atomic mass is 32.2. The van der Waals surface area contributed by atoms with Gasteiger partial charge in [0.05, 0.1) is 5.37 Å². The molecule has 0 spiro atoms. The summed E-state index contributed by atoms with van der Waals surface area (Å²) in [5, 5.41) is 2.14. The van der Waals surface area contributed by atoms with Gasteiger partial charge in [-0.15, -0.1) is 0 Å². The fourth-order valence-electron chi connectivity index (χ4n) is 3.08. The molecule has 1 aliphatic carbocycles. The van der Waals surface area contributed by atoms with Crippen molar-refractivity contribution in [2.24, 2.45) is 4.99 Å². The van der Waals surface area contributed by atoms with Gasteiger partial charge in [-0.05, 0) is 26.7 Å². The van der Waals surface area contributed by atoms with Gasteiger partial charge in [0.1, 0.15) is 0 Å². The van der Waals surface area contributed by atoms with E-state index in [4.69, 9.17) is 4.99 Å². The molecule has 2 nitrogen and oxygen atoms in total. The average Bonchev–Trinajstić information content (AvgIpc) is 2.67. The normalized spacial score (nSPS) is 33.7. The molecule has 1 saturated heterocycles. The lowest BCUT2D eigenvalue weighted by atomic mass is 10.0. The minimum Gasteiger partial charge on any atom is -0.348 e. The van der Waals surface area contributed by atoms with Crippen molar-refractivity contribution in [1.82, 2.24) is 4.90 Å². The van der Waals surface area contributed by atoms with Crippen molar-refractivity contribution >= 4 is 29.6 Å². The number of rotatable bonds is 2. The summed E-state index contributed by atoms with van der Waals surface area (Å²) < 4.78 is 0. The first-order chi connectivity index (χ1) is 8.72. The number of hydrogen-bond acceptors (Lipinski definition) is 3. The molecular weight excluding hydrogens is 260 g/mol. The van der Waals surface area contributed by atoms with Gasteiger partial charge in [0.2, 0.25) is 0 Å². The van der Waals surface area contributed by atoms with Gasteiger partial charge in [-0.2, -0.15) is 12.6 Å². The molecule has 0 amide bonds. The molecule has 0 bridgehead atoms. The number of hydrogen-bond donors (Lipinski definition) is 1. The Labute approximate surface area is 121 Å². The Morgan fingerprint density at radius 1 is 1.28 bits per heavy atom. The molecule has 2 fully saturated rings. The third kappa shape index (κ3) is 3.60. The predicted molar refractivity (Wildman–Crippen MR) is 85.7 cm³/mol. The molecule has 0 radical (unpaired) electrons. The van der Waals surface area contributed by atoms with Crippen LogP contribution in [0.15, 0.2) is 4.99 Å². The topological polar surface area (TPSA) is 15.6 Å². The maximum absolute atomic E-state index is 4.71. The van der Waals surface area contributed by atoms with Crippen molar-refractivity contribution in [2.75, 3.05) is 6.54 Å². The van der Waals surface area contributed by atoms with E-state index in [-0.39, 0.29) is 5.37 Å². The SMILES string of the molecule is CCN1C(=NC(C)S)SC2CCCCCCCC21. The van der Waals surface area contributed by atoms with E-state index in [1.807, 2.05) is 11.8 Å². The smallest absolute Gasteiger partial charge is 0.160 e. The van der Waals surface area contributed by atoms with E-state index in [2.05, 4.69) is 31.4 Å². The molecule has 2 rings (SSSR count). The van der Waals surface area contributed by atoms with E-state index in [0.29, 0.717) is 0 Å². The molecular formula is C14H26N2S2.